The number of aryl methyl sites for hydroxylation is 2. The fourth-order valence-corrected chi connectivity index (χ4v) is 7.41. The highest BCUT2D eigenvalue weighted by atomic mass is 35.5. The summed E-state index contributed by atoms with van der Waals surface area (Å²) in [6, 6.07) is 22.4. The number of hydrogen-bond donors (Lipinski definition) is 1. The molecule has 1 N–H and O–H groups in total. The number of aromatic nitrogens is 1. The average molecular weight is 598 g/mol. The molecule has 3 heterocycles. The third kappa shape index (κ3) is 6.36. The molecule has 43 heavy (non-hydrogen) atoms. The van der Waals surface area contributed by atoms with Crippen molar-refractivity contribution in [1.82, 2.24) is 14.8 Å². The summed E-state index contributed by atoms with van der Waals surface area (Å²) in [6.07, 6.45) is 8.18. The number of piperidine rings is 1. The first kappa shape index (κ1) is 29.5. The molecule has 1 amide bonds. The number of halogens is 1. The first-order valence-electron chi connectivity index (χ1n) is 15.4. The van der Waals surface area contributed by atoms with Gasteiger partial charge in [0, 0.05) is 60.3 Å². The number of carbonyl (C=O) groups excluding carboxylic acids is 2. The van der Waals surface area contributed by atoms with Crippen LogP contribution in [0.5, 0.6) is 5.75 Å². The SMILES string of the molecule is COc1cccc2c(C(=O)NCc3ccccc3C)cn(CCCN3[C@@H]4CC[C@H]3C[C@@H](CC(=O)c3ccc(Cl)cc3)C4)c12. The number of para-hydroxylation sites is 1. The molecule has 2 bridgehead atoms. The molecular weight excluding hydrogens is 558 g/mol. The first-order valence-corrected chi connectivity index (χ1v) is 15.8. The number of nitrogens with zero attached hydrogens (tertiary/aromatic N) is 2. The minimum Gasteiger partial charge on any atom is -0.495 e. The van der Waals surface area contributed by atoms with Crippen LogP contribution in [0.15, 0.2) is 72.9 Å². The second kappa shape index (κ2) is 12.9. The molecule has 1 aromatic heterocycles. The summed E-state index contributed by atoms with van der Waals surface area (Å²) < 4.78 is 7.92. The third-order valence-electron chi connectivity index (χ3n) is 9.46. The summed E-state index contributed by atoms with van der Waals surface area (Å²) >= 11 is 6.01. The van der Waals surface area contributed by atoms with Crippen LogP contribution in [-0.2, 0) is 13.1 Å². The molecular formula is C36H40ClN3O3. The van der Waals surface area contributed by atoms with Gasteiger partial charge in [-0.3, -0.25) is 14.5 Å². The Kier molecular flexibility index (Phi) is 8.87. The predicted molar refractivity (Wildman–Crippen MR) is 172 cm³/mol. The van der Waals surface area contributed by atoms with E-state index in [1.807, 2.05) is 48.7 Å². The molecule has 2 aliphatic heterocycles. The molecule has 3 aromatic carbocycles. The van der Waals surface area contributed by atoms with E-state index in [1.54, 1.807) is 19.2 Å². The quantitative estimate of drug-likeness (QED) is 0.182. The molecule has 2 aliphatic rings. The van der Waals surface area contributed by atoms with Gasteiger partial charge in [-0.05, 0) is 86.4 Å². The number of ether oxygens (including phenoxy) is 1. The Hall–Kier alpha value is -3.61. The van der Waals surface area contributed by atoms with Gasteiger partial charge >= 0.3 is 0 Å². The van der Waals surface area contributed by atoms with E-state index in [0.717, 1.165) is 65.7 Å². The van der Waals surface area contributed by atoms with Crippen LogP contribution < -0.4 is 10.1 Å². The molecule has 0 saturated carbocycles. The van der Waals surface area contributed by atoms with E-state index in [9.17, 15) is 9.59 Å². The predicted octanol–water partition coefficient (Wildman–Crippen LogP) is 7.45. The zero-order chi connectivity index (χ0) is 29.9. The van der Waals surface area contributed by atoms with E-state index >= 15 is 0 Å². The lowest BCUT2D eigenvalue weighted by Crippen LogP contribution is -2.43. The Balaban J connectivity index is 1.09. The van der Waals surface area contributed by atoms with E-state index in [-0.39, 0.29) is 11.7 Å². The lowest BCUT2D eigenvalue weighted by molar-refractivity contribution is 0.0807. The van der Waals surface area contributed by atoms with Crippen molar-refractivity contribution in [3.8, 4) is 5.75 Å². The fraction of sp³-hybridized carbons (Fsp3) is 0.389. The van der Waals surface area contributed by atoms with Crippen LogP contribution in [0.3, 0.4) is 0 Å². The van der Waals surface area contributed by atoms with Gasteiger partial charge in [0.2, 0.25) is 0 Å². The van der Waals surface area contributed by atoms with Crippen molar-refractivity contribution in [1.29, 1.82) is 0 Å². The van der Waals surface area contributed by atoms with Crippen molar-refractivity contribution >= 4 is 34.2 Å². The van der Waals surface area contributed by atoms with Gasteiger partial charge in [0.15, 0.2) is 5.78 Å². The maximum atomic E-state index is 13.4. The number of hydrogen-bond acceptors (Lipinski definition) is 4. The van der Waals surface area contributed by atoms with Gasteiger partial charge in [0.1, 0.15) is 5.75 Å². The molecule has 2 fully saturated rings. The Labute approximate surface area is 259 Å². The normalized spacial score (nSPS) is 19.9. The number of methoxy groups -OCH3 is 1. The van der Waals surface area contributed by atoms with Gasteiger partial charge in [-0.2, -0.15) is 0 Å². The second-order valence-corrected chi connectivity index (χ2v) is 12.6. The number of rotatable bonds is 11. The number of fused-ring (bicyclic) bond motifs is 3. The van der Waals surface area contributed by atoms with Gasteiger partial charge in [0.25, 0.3) is 5.91 Å². The highest BCUT2D eigenvalue weighted by Gasteiger charge is 2.40. The molecule has 0 aliphatic carbocycles. The van der Waals surface area contributed by atoms with Crippen LogP contribution in [0.25, 0.3) is 10.9 Å². The van der Waals surface area contributed by atoms with Crippen LogP contribution in [0.1, 0.15) is 70.4 Å². The van der Waals surface area contributed by atoms with E-state index in [2.05, 4.69) is 33.8 Å². The van der Waals surface area contributed by atoms with E-state index in [4.69, 9.17) is 16.3 Å². The Morgan fingerprint density at radius 3 is 2.42 bits per heavy atom. The van der Waals surface area contributed by atoms with Crippen molar-refractivity contribution < 1.29 is 14.3 Å². The van der Waals surface area contributed by atoms with Crippen molar-refractivity contribution in [3.63, 3.8) is 0 Å². The van der Waals surface area contributed by atoms with E-state index in [0.29, 0.717) is 41.6 Å². The summed E-state index contributed by atoms with van der Waals surface area (Å²) in [5.74, 6) is 1.37. The summed E-state index contributed by atoms with van der Waals surface area (Å²) in [4.78, 5) is 29.0. The Morgan fingerprint density at radius 2 is 1.70 bits per heavy atom. The average Bonchev–Trinajstić information content (AvgIpc) is 3.50. The zero-order valence-corrected chi connectivity index (χ0v) is 25.8. The number of benzene rings is 3. The summed E-state index contributed by atoms with van der Waals surface area (Å²) in [7, 11) is 1.68. The summed E-state index contributed by atoms with van der Waals surface area (Å²) in [5, 5.41) is 4.70. The number of Topliss-reactive ketones (excluding diaryl/α,β-unsaturated/α-hetero) is 1. The number of nitrogens with one attached hydrogen (secondary N) is 1. The standard InChI is InChI=1S/C36H40ClN3O3/c1-24-7-3-4-8-27(24)22-38-36(42)32-23-39(35-31(32)9-5-10-34(35)43-2)17-6-18-40-29-15-16-30(40)20-25(19-29)21-33(41)26-11-13-28(37)14-12-26/h3-5,7-14,23,25,29-30H,6,15-22H2,1-2H3,(H,38,42)/t25-,29+,30-. The number of carbonyl (C=O) groups is 2. The maximum absolute atomic E-state index is 13.4. The topological polar surface area (TPSA) is 63.6 Å². The largest absolute Gasteiger partial charge is 0.495 e. The highest BCUT2D eigenvalue weighted by Crippen LogP contribution is 2.40. The first-order chi connectivity index (χ1) is 20.9. The fourth-order valence-electron chi connectivity index (χ4n) is 7.29. The molecule has 224 valence electrons. The van der Waals surface area contributed by atoms with Gasteiger partial charge in [-0.15, -0.1) is 0 Å². The van der Waals surface area contributed by atoms with Crippen LogP contribution in [0, 0.1) is 12.8 Å². The van der Waals surface area contributed by atoms with Gasteiger partial charge < -0.3 is 14.6 Å². The monoisotopic (exact) mass is 597 g/mol. The minimum atomic E-state index is -0.0754. The van der Waals surface area contributed by atoms with Crippen molar-refractivity contribution in [2.45, 2.75) is 70.6 Å². The van der Waals surface area contributed by atoms with E-state index in [1.165, 1.54) is 12.8 Å². The number of amides is 1. The molecule has 0 radical (unpaired) electrons. The second-order valence-electron chi connectivity index (χ2n) is 12.1. The summed E-state index contributed by atoms with van der Waals surface area (Å²) in [6.45, 7) is 4.37. The van der Waals surface area contributed by atoms with Crippen LogP contribution >= 0.6 is 11.6 Å². The lowest BCUT2D eigenvalue weighted by atomic mass is 9.85. The smallest absolute Gasteiger partial charge is 0.253 e. The molecule has 0 unspecified atom stereocenters. The van der Waals surface area contributed by atoms with Gasteiger partial charge in [0.05, 0.1) is 18.2 Å². The molecule has 6 nitrogen and oxygen atoms in total. The molecule has 3 atom stereocenters. The molecule has 4 aromatic rings. The lowest BCUT2D eigenvalue weighted by Gasteiger charge is -2.39. The zero-order valence-electron chi connectivity index (χ0n) is 25.0. The molecule has 2 saturated heterocycles. The Morgan fingerprint density at radius 1 is 0.953 bits per heavy atom. The van der Waals surface area contributed by atoms with Crippen LogP contribution in [-0.4, -0.2) is 46.9 Å². The molecule has 0 spiro atoms. The minimum absolute atomic E-state index is 0.0754. The summed E-state index contributed by atoms with van der Waals surface area (Å²) in [5.41, 5.74) is 4.68. The van der Waals surface area contributed by atoms with Crippen LogP contribution in [0.4, 0.5) is 0 Å². The van der Waals surface area contributed by atoms with Crippen molar-refractivity contribution in [2.75, 3.05) is 13.7 Å². The van der Waals surface area contributed by atoms with Crippen molar-refractivity contribution in [2.24, 2.45) is 5.92 Å². The Bertz CT molecular complexity index is 1600. The maximum Gasteiger partial charge on any atom is 0.253 e. The van der Waals surface area contributed by atoms with Crippen molar-refractivity contribution in [3.05, 3.63) is 100 Å². The third-order valence-corrected chi connectivity index (χ3v) is 9.72. The van der Waals surface area contributed by atoms with Gasteiger partial charge in [-0.25, -0.2) is 0 Å². The number of ketones is 1. The highest BCUT2D eigenvalue weighted by molar-refractivity contribution is 6.30. The van der Waals surface area contributed by atoms with E-state index < -0.39 is 0 Å². The van der Waals surface area contributed by atoms with Gasteiger partial charge in [-0.1, -0.05) is 48.0 Å². The molecule has 6 rings (SSSR count). The molecule has 7 heteroatoms. The van der Waals surface area contributed by atoms with Crippen LogP contribution in [0.2, 0.25) is 5.02 Å².